The number of piperazine rings is 1. The largest absolute Gasteiger partial charge is 0.495 e. The van der Waals surface area contributed by atoms with Crippen molar-refractivity contribution >= 4 is 5.91 Å². The number of ether oxygens (including phenoxy) is 2. The molecule has 4 aromatic rings. The predicted octanol–water partition coefficient (Wildman–Crippen LogP) is 5.43. The Bertz CT molecular complexity index is 1520. The third-order valence-corrected chi connectivity index (χ3v) is 8.45. The van der Waals surface area contributed by atoms with Gasteiger partial charge in [-0.2, -0.15) is 4.98 Å². The zero-order chi connectivity index (χ0) is 29.8. The molecule has 1 aliphatic heterocycles. The second-order valence-electron chi connectivity index (χ2n) is 11.4. The monoisotopic (exact) mass is 580 g/mol. The molecule has 1 amide bonds. The van der Waals surface area contributed by atoms with Crippen LogP contribution in [-0.4, -0.2) is 75.9 Å². The number of amides is 1. The number of methoxy groups -OCH3 is 1. The highest BCUT2D eigenvalue weighted by atomic mass is 16.5. The minimum absolute atomic E-state index is 0.142. The lowest BCUT2D eigenvalue weighted by Gasteiger charge is -2.42. The lowest BCUT2D eigenvalue weighted by atomic mass is 10.00. The highest BCUT2D eigenvalue weighted by Crippen LogP contribution is 2.38. The van der Waals surface area contributed by atoms with Crippen LogP contribution in [0.1, 0.15) is 42.2 Å². The van der Waals surface area contributed by atoms with E-state index in [4.69, 9.17) is 14.5 Å². The molecule has 0 spiro atoms. The van der Waals surface area contributed by atoms with Gasteiger partial charge in [0.1, 0.15) is 5.75 Å². The van der Waals surface area contributed by atoms with E-state index in [0.29, 0.717) is 55.2 Å². The van der Waals surface area contributed by atoms with Crippen LogP contribution < -0.4 is 9.47 Å². The molecule has 2 atom stereocenters. The number of aliphatic hydroxyl groups is 1. The smallest absolute Gasteiger partial charge is 0.302 e. The van der Waals surface area contributed by atoms with Crippen molar-refractivity contribution in [1.29, 1.82) is 0 Å². The van der Waals surface area contributed by atoms with Gasteiger partial charge in [-0.05, 0) is 49.8 Å². The van der Waals surface area contributed by atoms with Crippen LogP contribution in [0.2, 0.25) is 0 Å². The predicted molar refractivity (Wildman–Crippen MR) is 167 cm³/mol. The highest BCUT2D eigenvalue weighted by Gasteiger charge is 2.39. The van der Waals surface area contributed by atoms with Crippen molar-refractivity contribution in [2.24, 2.45) is 5.92 Å². The summed E-state index contributed by atoms with van der Waals surface area (Å²) in [7, 11) is 1.63. The van der Waals surface area contributed by atoms with E-state index in [1.54, 1.807) is 7.11 Å². The molecule has 224 valence electrons. The molecule has 6 rings (SSSR count). The van der Waals surface area contributed by atoms with Gasteiger partial charge in [0, 0.05) is 37.8 Å². The van der Waals surface area contributed by atoms with E-state index in [1.165, 1.54) is 5.56 Å². The molecule has 2 fully saturated rings. The van der Waals surface area contributed by atoms with Crippen molar-refractivity contribution in [2.75, 3.05) is 33.4 Å². The maximum atomic E-state index is 14.7. The Hall–Kier alpha value is -4.14. The number of aromatic nitrogens is 2. The van der Waals surface area contributed by atoms with Gasteiger partial charge < -0.3 is 19.5 Å². The Morgan fingerprint density at radius 3 is 2.37 bits per heavy atom. The first kappa shape index (κ1) is 29.0. The maximum Gasteiger partial charge on any atom is 0.302 e. The Balaban J connectivity index is 1.40. The summed E-state index contributed by atoms with van der Waals surface area (Å²) in [5.41, 5.74) is 3.83. The molecule has 1 saturated heterocycles. The fraction of sp³-hybridized carbons (Fsp3) is 0.371. The summed E-state index contributed by atoms with van der Waals surface area (Å²) < 4.78 is 13.7. The third-order valence-electron chi connectivity index (χ3n) is 8.45. The standard InChI is InChI=1S/C35H40N4O4/c1-3-43-35-36-32(33(27-14-8-5-9-15-27)39(35)29-16-10-11-17-31(29)42-2)34(41)38-21-20-37(23-25-12-6-4-7-13-25)24-28(38)22-30(40)26-18-19-26/h4-17,26,28,30,40H,3,18-24H2,1-2H3/t28-,30-/m1/s1. The van der Waals surface area contributed by atoms with E-state index in [2.05, 4.69) is 29.2 Å². The van der Waals surface area contributed by atoms with Crippen LogP contribution in [0.3, 0.4) is 0 Å². The molecule has 0 unspecified atom stereocenters. The van der Waals surface area contributed by atoms with Crippen LogP contribution in [0.25, 0.3) is 16.9 Å². The number of nitrogens with zero attached hydrogens (tertiary/aromatic N) is 4. The number of carbonyl (C=O) groups is 1. The van der Waals surface area contributed by atoms with Gasteiger partial charge in [-0.3, -0.25) is 14.3 Å². The molecule has 8 nitrogen and oxygen atoms in total. The molecule has 0 bridgehead atoms. The quantitative estimate of drug-likeness (QED) is 0.255. The molecular weight excluding hydrogens is 540 g/mol. The molecule has 8 heteroatoms. The summed E-state index contributed by atoms with van der Waals surface area (Å²) in [4.78, 5) is 23.8. The number of imidazole rings is 1. The fourth-order valence-corrected chi connectivity index (χ4v) is 6.14. The van der Waals surface area contributed by atoms with Gasteiger partial charge in [-0.1, -0.05) is 72.8 Å². The SMILES string of the molecule is CCOc1nc(C(=O)N2CCN(Cc3ccccc3)C[C@H]2C[C@@H](O)C2CC2)c(-c2ccccc2)n1-c1ccccc1OC. The van der Waals surface area contributed by atoms with E-state index in [9.17, 15) is 9.90 Å². The second-order valence-corrected chi connectivity index (χ2v) is 11.4. The number of hydrogen-bond donors (Lipinski definition) is 1. The average Bonchev–Trinajstić information content (AvgIpc) is 3.83. The van der Waals surface area contributed by atoms with Gasteiger partial charge in [-0.15, -0.1) is 0 Å². The number of carbonyl (C=O) groups excluding carboxylic acids is 1. The van der Waals surface area contributed by atoms with Crippen molar-refractivity contribution in [3.05, 3.63) is 96.2 Å². The molecule has 43 heavy (non-hydrogen) atoms. The van der Waals surface area contributed by atoms with Crippen LogP contribution in [0.15, 0.2) is 84.9 Å². The number of hydrogen-bond acceptors (Lipinski definition) is 6. The van der Waals surface area contributed by atoms with E-state index in [1.807, 2.05) is 77.1 Å². The van der Waals surface area contributed by atoms with E-state index < -0.39 is 6.10 Å². The van der Waals surface area contributed by atoms with Gasteiger partial charge in [0.25, 0.3) is 5.91 Å². The van der Waals surface area contributed by atoms with Crippen molar-refractivity contribution in [3.63, 3.8) is 0 Å². The summed E-state index contributed by atoms with van der Waals surface area (Å²) in [6.07, 6.45) is 2.23. The van der Waals surface area contributed by atoms with E-state index in [-0.39, 0.29) is 11.9 Å². The number of rotatable bonds is 11. The molecule has 1 aromatic heterocycles. The molecule has 2 aliphatic rings. The number of para-hydroxylation sites is 2. The van der Waals surface area contributed by atoms with Gasteiger partial charge in [-0.25, -0.2) is 0 Å². The van der Waals surface area contributed by atoms with Crippen LogP contribution in [-0.2, 0) is 6.54 Å². The Morgan fingerprint density at radius 1 is 0.977 bits per heavy atom. The van der Waals surface area contributed by atoms with Crippen molar-refractivity contribution < 1.29 is 19.4 Å². The summed E-state index contributed by atoms with van der Waals surface area (Å²) >= 11 is 0. The topological polar surface area (TPSA) is 80.1 Å². The summed E-state index contributed by atoms with van der Waals surface area (Å²) in [6.45, 7) is 5.09. The highest BCUT2D eigenvalue weighted by molar-refractivity contribution is 5.99. The summed E-state index contributed by atoms with van der Waals surface area (Å²) in [5.74, 6) is 0.827. The van der Waals surface area contributed by atoms with Gasteiger partial charge in [0.05, 0.1) is 31.2 Å². The minimum Gasteiger partial charge on any atom is -0.495 e. The van der Waals surface area contributed by atoms with Crippen LogP contribution in [0.5, 0.6) is 11.8 Å². The van der Waals surface area contributed by atoms with Crippen LogP contribution >= 0.6 is 0 Å². The minimum atomic E-state index is -0.421. The third kappa shape index (κ3) is 6.31. The first-order valence-electron chi connectivity index (χ1n) is 15.3. The van der Waals surface area contributed by atoms with Crippen LogP contribution in [0, 0.1) is 5.92 Å². The van der Waals surface area contributed by atoms with Crippen molar-refractivity contribution in [1.82, 2.24) is 19.4 Å². The summed E-state index contributed by atoms with van der Waals surface area (Å²) in [6, 6.07) is 28.2. The fourth-order valence-electron chi connectivity index (χ4n) is 6.14. The molecule has 1 aliphatic carbocycles. The lowest BCUT2D eigenvalue weighted by molar-refractivity contribution is 0.0244. The van der Waals surface area contributed by atoms with Crippen molar-refractivity contribution in [2.45, 2.75) is 44.9 Å². The van der Waals surface area contributed by atoms with Gasteiger partial charge in [0.2, 0.25) is 0 Å². The second kappa shape index (κ2) is 13.0. The van der Waals surface area contributed by atoms with Crippen molar-refractivity contribution in [3.8, 4) is 28.7 Å². The van der Waals surface area contributed by atoms with Crippen LogP contribution in [0.4, 0.5) is 0 Å². The van der Waals surface area contributed by atoms with Gasteiger partial charge in [0.15, 0.2) is 5.69 Å². The van der Waals surface area contributed by atoms with Gasteiger partial charge >= 0.3 is 6.01 Å². The molecule has 3 aromatic carbocycles. The maximum absolute atomic E-state index is 14.7. The van der Waals surface area contributed by atoms with E-state index in [0.717, 1.165) is 37.2 Å². The number of aliphatic hydroxyl groups excluding tert-OH is 1. The Kier molecular flexibility index (Phi) is 8.77. The lowest BCUT2D eigenvalue weighted by Crippen LogP contribution is -2.56. The van der Waals surface area contributed by atoms with E-state index >= 15 is 0 Å². The average molecular weight is 581 g/mol. The normalized spacial score (nSPS) is 17.9. The summed E-state index contributed by atoms with van der Waals surface area (Å²) in [5, 5.41) is 11.0. The molecular formula is C35H40N4O4. The molecule has 1 N–H and O–H groups in total. The molecule has 1 saturated carbocycles. The zero-order valence-corrected chi connectivity index (χ0v) is 24.9. The zero-order valence-electron chi connectivity index (χ0n) is 24.9. The Morgan fingerprint density at radius 2 is 1.67 bits per heavy atom. The number of benzene rings is 3. The molecule has 2 heterocycles. The molecule has 0 radical (unpaired) electrons. The first-order chi connectivity index (χ1) is 21.1. The first-order valence-corrected chi connectivity index (χ1v) is 15.3. The Labute approximate surface area is 253 Å².